The molecule has 0 aliphatic carbocycles. The summed E-state index contributed by atoms with van der Waals surface area (Å²) in [5, 5.41) is 36.2. The summed E-state index contributed by atoms with van der Waals surface area (Å²) in [5.74, 6) is -5.10. The maximum Gasteiger partial charge on any atom is 0.509 e. The minimum atomic E-state index is -1.59. The van der Waals surface area contributed by atoms with Crippen LogP contribution < -0.4 is 38.7 Å². The number of nitrogen functional groups attached to an aromatic ring is 3. The Hall–Kier alpha value is -6.88. The number of ether oxygens (including phenoxy) is 2. The summed E-state index contributed by atoms with van der Waals surface area (Å²) in [5.41, 5.74) is 18.4. The number of amides is 4. The van der Waals surface area contributed by atoms with E-state index < -0.39 is 114 Å². The minimum Gasteiger partial charge on any atom is -0.480 e. The van der Waals surface area contributed by atoms with E-state index in [2.05, 4.69) is 56.8 Å². The molecule has 0 saturated carbocycles. The monoisotopic (exact) mass is 2580 g/mol. The van der Waals surface area contributed by atoms with Crippen molar-refractivity contribution < 1.29 is 173 Å². The van der Waals surface area contributed by atoms with Crippen LogP contribution in [0, 0.1) is 60.2 Å². The molecular weight excluding hydrogens is 2490 g/mol. The standard InChI is InChI=1S/C21H22ClF2N3O3.C16H14ClF2N3O.2C11H8ClFN2.C10H16FNO4.C6H5BrFN.C6H12ClN.C5H5BClNO2.CH4.3ClH.U.2V.W/c1-21(2,3)30-20(29)27-11-12(23)10-16(27)19(28)26-15-8-4-6-13(17(15)24)18-14(22)7-5-9-25-18;17-11-4-2-6-20-15(11)10-3-1-5-12(14(10)19)22-16(23)13-7-9(18)8-21-13;2*12-8-4-2-6-15-11(8)7-3-1-5-9(14)10(7)13;1-10(2,3)16-9(15)12-5-6(11)4-7(12)8(13)14;7-4-2-1-3-5(9)6(4)8;1-5(2)6(7)8(3)4;7-4-2-1-3-8-5(4)6(9)10;;;;;;;;/h4-9,12,16H,10-11H2,1-3H3,(H,26,28);1-6,9,13,21H,7-8H2,(H,22,23);2*1-6H,14H2;6-7H,4-5H2,1-3H3,(H,13,14);1-3H,9H2;1-4H3;1-3,9-10H;1H4;3*1H;;;;/t12-,16+;9-,13+;;;6-,7+;;;;;;;;;;;/m11..1.........../s1. The molecule has 5 aromatic heterocycles. The van der Waals surface area contributed by atoms with Crippen molar-refractivity contribution in [2.24, 2.45) is 0 Å². The van der Waals surface area contributed by atoms with E-state index in [0.29, 0.717) is 47.7 Å². The predicted octanol–water partition coefficient (Wildman–Crippen LogP) is 21.2. The zero-order chi connectivity index (χ0) is 93.8. The number of hydrogen-bond donors (Lipinski definition) is 9. The SMILES string of the molecule is C.CC(C)(C)OC(=O)N1C[C@H](F)C[C@H]1C(=O)Nc1cccc(-c2ncccc2Cl)c1F.CC(C)(C)OC(=O)N1C[C@H](F)C[C@H]1C(=O)O.CC(C)=C(Cl)N(C)C.Cl.Cl.Cl.Nc1cccc(-c2ncccc2Cl)c1F.Nc1cccc(-c2ncccc2Cl)c1F.Nc1cccc(Br)c1F.O=C(Nc1cccc(-c2ncccc2Cl)c1F)[C@@H]1C[C@@H](F)CN1.OB(O)c1ncccc1Cl.[U].[V].[V].[W]. The molecular formula is C87H97BBrCl9F8N14O10UV2W. The van der Waals surface area contributed by atoms with Crippen LogP contribution in [0.4, 0.5) is 73.1 Å². The van der Waals surface area contributed by atoms with Gasteiger partial charge in [0.25, 0.3) is 0 Å². The van der Waals surface area contributed by atoms with E-state index in [1.54, 1.807) is 157 Å². The van der Waals surface area contributed by atoms with Gasteiger partial charge < -0.3 is 62.7 Å². The Morgan fingerprint density at radius 3 is 1.11 bits per heavy atom. The molecule has 0 unspecified atom stereocenters. The van der Waals surface area contributed by atoms with Crippen LogP contribution in [0.1, 0.15) is 82.1 Å². The van der Waals surface area contributed by atoms with Gasteiger partial charge in [-0.05, 0) is 198 Å². The second-order valence-corrected chi connectivity index (χ2v) is 33.0. The number of nitrogens with zero attached hydrogens (tertiary/aromatic N) is 8. The van der Waals surface area contributed by atoms with E-state index >= 15 is 4.39 Å². The molecule has 0 spiro atoms. The first-order valence-corrected chi connectivity index (χ1v) is 41.0. The molecule has 5 aromatic carbocycles. The number of halogens is 18. The van der Waals surface area contributed by atoms with Gasteiger partial charge in [-0.15, -0.1) is 37.2 Å². The molecule has 3 aliphatic heterocycles. The summed E-state index contributed by atoms with van der Waals surface area (Å²) in [6, 6.07) is 36.7. The van der Waals surface area contributed by atoms with E-state index in [0.717, 1.165) is 20.5 Å². The molecule has 12 N–H and O–H groups in total. The van der Waals surface area contributed by atoms with Gasteiger partial charge in [0, 0.05) is 182 Å². The van der Waals surface area contributed by atoms with Gasteiger partial charge in [-0.1, -0.05) is 107 Å². The maximum atomic E-state index is 15.0. The van der Waals surface area contributed by atoms with Gasteiger partial charge in [0.05, 0.1) is 106 Å². The number of carboxylic acid groups (broad SMARTS) is 1. The van der Waals surface area contributed by atoms with Crippen molar-refractivity contribution in [3.63, 3.8) is 0 Å². The molecule has 3 fully saturated rings. The Morgan fingerprint density at radius 1 is 0.500 bits per heavy atom. The maximum absolute atomic E-state index is 15.0. The van der Waals surface area contributed by atoms with E-state index in [9.17, 15) is 54.7 Å². The van der Waals surface area contributed by atoms with Crippen LogP contribution in [-0.4, -0.2) is 173 Å². The predicted molar refractivity (Wildman–Crippen MR) is 510 cm³/mol. The number of likely N-dealkylation sites (tertiary alicyclic amines) is 2. The molecule has 134 heavy (non-hydrogen) atoms. The average molecular weight is 2580 g/mol. The third-order valence-electron chi connectivity index (χ3n) is 17.2. The number of alkyl halides is 3. The minimum absolute atomic E-state index is 0. The van der Waals surface area contributed by atoms with E-state index in [1.807, 2.05) is 32.8 Å². The number of pyridine rings is 5. The molecule has 3 aliphatic rings. The smallest absolute Gasteiger partial charge is 0.480 e. The van der Waals surface area contributed by atoms with Gasteiger partial charge in [-0.3, -0.25) is 44.3 Å². The number of aromatic nitrogens is 5. The van der Waals surface area contributed by atoms with Crippen molar-refractivity contribution >= 4 is 194 Å². The molecule has 47 heteroatoms. The number of hydrogen-bond acceptors (Lipinski definition) is 19. The molecule has 6 atom stereocenters. The quantitative estimate of drug-likeness (QED) is 0.0251. The van der Waals surface area contributed by atoms with Gasteiger partial charge in [0.1, 0.15) is 47.0 Å². The first-order chi connectivity index (χ1) is 59.2. The van der Waals surface area contributed by atoms with Crippen molar-refractivity contribution in [3.8, 4) is 45.0 Å². The first-order valence-electron chi connectivity index (χ1n) is 38.0. The Labute approximate surface area is 891 Å². The number of rotatable bonds is 11. The van der Waals surface area contributed by atoms with Crippen LogP contribution in [0.25, 0.3) is 45.0 Å². The van der Waals surface area contributed by atoms with Gasteiger partial charge in [-0.25, -0.2) is 49.5 Å². The fraction of sp³-hybridized carbons (Fsp3) is 0.287. The molecule has 10 aromatic rings. The number of anilines is 5. The molecule has 8 heterocycles. The normalized spacial score (nSPS) is 15.0. The van der Waals surface area contributed by atoms with Gasteiger partial charge in [-0.2, -0.15) is 0 Å². The van der Waals surface area contributed by atoms with Crippen LogP contribution >= 0.6 is 123 Å². The number of nitrogens with two attached hydrogens (primary N) is 3. The fourth-order valence-corrected chi connectivity index (χ4v) is 12.9. The molecule has 4 amide bonds. The van der Waals surface area contributed by atoms with Gasteiger partial charge >= 0.3 is 25.3 Å². The number of aliphatic carboxylic acids is 1. The third-order valence-corrected chi connectivity index (χ3v) is 20.0. The largest absolute Gasteiger partial charge is 0.509 e. The second-order valence-electron chi connectivity index (χ2n) is 29.7. The van der Waals surface area contributed by atoms with Gasteiger partial charge in [0.2, 0.25) is 11.8 Å². The fourth-order valence-electron chi connectivity index (χ4n) is 11.4. The number of benzene rings is 5. The van der Waals surface area contributed by atoms with Crippen molar-refractivity contribution in [2.75, 3.05) is 61.6 Å². The van der Waals surface area contributed by atoms with E-state index in [4.69, 9.17) is 111 Å². The van der Waals surface area contributed by atoms with Crippen molar-refractivity contribution in [1.29, 1.82) is 0 Å². The van der Waals surface area contributed by atoms with Crippen LogP contribution in [0.2, 0.25) is 25.1 Å². The number of carbonyl (C=O) groups is 5. The molecule has 2 radical (unpaired) electrons. The second kappa shape index (κ2) is 62.9. The summed E-state index contributed by atoms with van der Waals surface area (Å²) in [4.78, 5) is 83.3. The summed E-state index contributed by atoms with van der Waals surface area (Å²) >= 11 is 38.2. The third kappa shape index (κ3) is 40.9. The van der Waals surface area contributed by atoms with E-state index in [1.165, 1.54) is 67.1 Å². The summed E-state index contributed by atoms with van der Waals surface area (Å²) in [6.45, 7) is 13.7. The Kier molecular flexibility index (Phi) is 61.6. The van der Waals surface area contributed by atoms with E-state index in [-0.39, 0.29) is 234 Å². The first kappa shape index (κ1) is 131. The topological polar surface area (TPSA) is 353 Å². The van der Waals surface area contributed by atoms with Crippen LogP contribution in [-0.2, 0) is 82.0 Å². The number of nitrogens with one attached hydrogen (secondary N) is 3. The molecule has 3 saturated heterocycles. The Balaban J connectivity index is -0.00000150. The molecule has 724 valence electrons. The molecule has 13 rings (SSSR count). The zero-order valence-corrected chi connectivity index (χ0v) is 90.8. The zero-order valence-electron chi connectivity index (χ0n) is 72.3. The van der Waals surface area contributed by atoms with Crippen LogP contribution in [0.5, 0.6) is 0 Å². The average Bonchev–Trinajstić information content (AvgIpc) is 1.10. The van der Waals surface area contributed by atoms with Gasteiger partial charge in [0.15, 0.2) is 29.1 Å². The summed E-state index contributed by atoms with van der Waals surface area (Å²) < 4.78 is 120. The Bertz CT molecular complexity index is 5360. The molecule has 24 nitrogen and oxygen atoms in total. The molecule has 0 bridgehead atoms. The van der Waals surface area contributed by atoms with Crippen LogP contribution in [0.15, 0.2) is 198 Å². The number of carbonyl (C=O) groups excluding carboxylic acids is 4. The van der Waals surface area contributed by atoms with Crippen molar-refractivity contribution in [3.05, 3.63) is 252 Å². The number of carboxylic acids is 1. The Morgan fingerprint density at radius 2 is 0.821 bits per heavy atom. The summed E-state index contributed by atoms with van der Waals surface area (Å²) in [6.07, 6.45) is 1.96. The van der Waals surface area contributed by atoms with Crippen LogP contribution in [0.3, 0.4) is 0 Å². The van der Waals surface area contributed by atoms with Crippen molar-refractivity contribution in [1.82, 2.24) is 44.9 Å². The summed E-state index contributed by atoms with van der Waals surface area (Å²) in [7, 11) is 2.26. The van der Waals surface area contributed by atoms with Crippen molar-refractivity contribution in [2.45, 2.75) is 130 Å². The number of allylic oxidation sites excluding steroid dienone is 1.